The zero-order chi connectivity index (χ0) is 17.8. The van der Waals surface area contributed by atoms with Gasteiger partial charge in [-0.3, -0.25) is 4.79 Å². The molecule has 25 heavy (non-hydrogen) atoms. The standard InChI is InChI=1S/C20H20N4O/c1-13-7-9-16(10-8-13)22-19(25)18-11-12-21-20(24-18)23-17-6-4-5-14(2)15(17)3/h4-12H,1-3H3,(H,22,25)(H,21,23,24). The van der Waals surface area contributed by atoms with E-state index in [2.05, 4.69) is 20.6 Å². The summed E-state index contributed by atoms with van der Waals surface area (Å²) in [5, 5.41) is 6.02. The number of aryl methyl sites for hydroxylation is 2. The number of aromatic nitrogens is 2. The second-order valence-electron chi connectivity index (χ2n) is 5.96. The Balaban J connectivity index is 1.77. The largest absolute Gasteiger partial charge is 0.324 e. The lowest BCUT2D eigenvalue weighted by Crippen LogP contribution is -2.14. The number of rotatable bonds is 4. The molecule has 0 aliphatic rings. The van der Waals surface area contributed by atoms with Crippen molar-refractivity contribution in [2.75, 3.05) is 10.6 Å². The highest BCUT2D eigenvalue weighted by Crippen LogP contribution is 2.21. The summed E-state index contributed by atoms with van der Waals surface area (Å²) in [6.45, 7) is 6.08. The average Bonchev–Trinajstić information content (AvgIpc) is 2.61. The van der Waals surface area contributed by atoms with Crippen molar-refractivity contribution >= 4 is 23.2 Å². The van der Waals surface area contributed by atoms with E-state index in [1.54, 1.807) is 12.3 Å². The molecule has 0 bridgehead atoms. The highest BCUT2D eigenvalue weighted by atomic mass is 16.1. The molecule has 0 aliphatic carbocycles. The van der Waals surface area contributed by atoms with Crippen LogP contribution in [0.25, 0.3) is 0 Å². The lowest BCUT2D eigenvalue weighted by Gasteiger charge is -2.11. The van der Waals surface area contributed by atoms with Crippen LogP contribution in [0.5, 0.6) is 0 Å². The second-order valence-corrected chi connectivity index (χ2v) is 5.96. The van der Waals surface area contributed by atoms with E-state index < -0.39 is 0 Å². The third kappa shape index (κ3) is 4.01. The number of amides is 1. The van der Waals surface area contributed by atoms with Gasteiger partial charge in [-0.25, -0.2) is 9.97 Å². The molecule has 1 aromatic heterocycles. The molecule has 126 valence electrons. The maximum absolute atomic E-state index is 12.4. The zero-order valence-electron chi connectivity index (χ0n) is 14.5. The van der Waals surface area contributed by atoms with Crippen LogP contribution in [0.15, 0.2) is 54.7 Å². The SMILES string of the molecule is Cc1ccc(NC(=O)c2ccnc(Nc3cccc(C)c3C)n2)cc1. The van der Waals surface area contributed by atoms with E-state index in [0.29, 0.717) is 11.6 Å². The van der Waals surface area contributed by atoms with Crippen LogP contribution in [-0.4, -0.2) is 15.9 Å². The molecule has 0 saturated heterocycles. The van der Waals surface area contributed by atoms with Gasteiger partial charge in [0.2, 0.25) is 5.95 Å². The quantitative estimate of drug-likeness (QED) is 0.743. The molecule has 5 nitrogen and oxygen atoms in total. The average molecular weight is 332 g/mol. The number of hydrogen-bond donors (Lipinski definition) is 2. The third-order valence-electron chi connectivity index (χ3n) is 4.05. The summed E-state index contributed by atoms with van der Waals surface area (Å²) < 4.78 is 0. The summed E-state index contributed by atoms with van der Waals surface area (Å²) in [7, 11) is 0. The highest BCUT2D eigenvalue weighted by Gasteiger charge is 2.10. The maximum atomic E-state index is 12.4. The first-order chi connectivity index (χ1) is 12.0. The Morgan fingerprint density at radius 1 is 0.960 bits per heavy atom. The lowest BCUT2D eigenvalue weighted by molar-refractivity contribution is 0.102. The number of nitrogens with one attached hydrogen (secondary N) is 2. The van der Waals surface area contributed by atoms with E-state index in [4.69, 9.17) is 0 Å². The van der Waals surface area contributed by atoms with Crippen molar-refractivity contribution in [3.8, 4) is 0 Å². The first kappa shape index (κ1) is 16.6. The summed E-state index contributed by atoms with van der Waals surface area (Å²) >= 11 is 0. The molecule has 1 heterocycles. The van der Waals surface area contributed by atoms with Gasteiger partial charge >= 0.3 is 0 Å². The van der Waals surface area contributed by atoms with E-state index >= 15 is 0 Å². The summed E-state index contributed by atoms with van der Waals surface area (Å²) in [6.07, 6.45) is 1.57. The Labute approximate surface area is 147 Å². The monoisotopic (exact) mass is 332 g/mol. The summed E-state index contributed by atoms with van der Waals surface area (Å²) in [5.74, 6) is 0.125. The van der Waals surface area contributed by atoms with Gasteiger partial charge in [0, 0.05) is 17.6 Å². The van der Waals surface area contributed by atoms with E-state index in [0.717, 1.165) is 22.5 Å². The van der Waals surface area contributed by atoms with Crippen molar-refractivity contribution < 1.29 is 4.79 Å². The Bertz CT molecular complexity index is 904. The number of benzene rings is 2. The van der Waals surface area contributed by atoms with Gasteiger partial charge in [0.15, 0.2) is 0 Å². The normalized spacial score (nSPS) is 10.4. The van der Waals surface area contributed by atoms with Crippen LogP contribution in [0.2, 0.25) is 0 Å². The fourth-order valence-corrected chi connectivity index (χ4v) is 2.38. The lowest BCUT2D eigenvalue weighted by atomic mass is 10.1. The topological polar surface area (TPSA) is 66.9 Å². The molecule has 0 atom stereocenters. The Hall–Kier alpha value is -3.21. The molecule has 2 aromatic carbocycles. The van der Waals surface area contributed by atoms with Crippen molar-refractivity contribution in [1.29, 1.82) is 0 Å². The Morgan fingerprint density at radius 3 is 2.48 bits per heavy atom. The van der Waals surface area contributed by atoms with Gasteiger partial charge in [-0.05, 0) is 56.2 Å². The number of carbonyl (C=O) groups excluding carboxylic acids is 1. The predicted octanol–water partition coefficient (Wildman–Crippen LogP) is 4.40. The molecular weight excluding hydrogens is 312 g/mol. The Kier molecular flexibility index (Phi) is 4.75. The molecule has 0 fully saturated rings. The van der Waals surface area contributed by atoms with Gasteiger partial charge < -0.3 is 10.6 Å². The first-order valence-electron chi connectivity index (χ1n) is 8.07. The van der Waals surface area contributed by atoms with Crippen LogP contribution < -0.4 is 10.6 Å². The molecule has 5 heteroatoms. The zero-order valence-corrected chi connectivity index (χ0v) is 14.5. The van der Waals surface area contributed by atoms with Crippen molar-refractivity contribution in [3.63, 3.8) is 0 Å². The summed E-state index contributed by atoms with van der Waals surface area (Å²) in [4.78, 5) is 20.9. The maximum Gasteiger partial charge on any atom is 0.274 e. The molecule has 3 rings (SSSR count). The molecule has 1 amide bonds. The van der Waals surface area contributed by atoms with Crippen LogP contribution in [-0.2, 0) is 0 Å². The van der Waals surface area contributed by atoms with Crippen molar-refractivity contribution in [2.45, 2.75) is 20.8 Å². The van der Waals surface area contributed by atoms with E-state index in [1.165, 1.54) is 5.56 Å². The third-order valence-corrected chi connectivity index (χ3v) is 4.05. The summed E-state index contributed by atoms with van der Waals surface area (Å²) in [6, 6.07) is 15.2. The molecular formula is C20H20N4O. The minimum absolute atomic E-state index is 0.268. The molecule has 3 aromatic rings. The molecule has 0 saturated carbocycles. The second kappa shape index (κ2) is 7.13. The van der Waals surface area contributed by atoms with E-state index in [-0.39, 0.29) is 5.91 Å². The van der Waals surface area contributed by atoms with Crippen LogP contribution in [0.3, 0.4) is 0 Å². The molecule has 0 spiro atoms. The smallest absolute Gasteiger partial charge is 0.274 e. The van der Waals surface area contributed by atoms with Crippen LogP contribution in [0.4, 0.5) is 17.3 Å². The molecule has 0 radical (unpaired) electrons. The van der Waals surface area contributed by atoms with Crippen LogP contribution in [0.1, 0.15) is 27.2 Å². The minimum Gasteiger partial charge on any atom is -0.324 e. The van der Waals surface area contributed by atoms with Crippen LogP contribution in [0, 0.1) is 20.8 Å². The van der Waals surface area contributed by atoms with Gasteiger partial charge in [-0.1, -0.05) is 29.8 Å². The Morgan fingerprint density at radius 2 is 1.72 bits per heavy atom. The number of anilines is 3. The van der Waals surface area contributed by atoms with E-state index in [1.807, 2.05) is 63.2 Å². The molecule has 0 aliphatic heterocycles. The van der Waals surface area contributed by atoms with Gasteiger partial charge in [0.25, 0.3) is 5.91 Å². The minimum atomic E-state index is -0.268. The van der Waals surface area contributed by atoms with Gasteiger partial charge in [-0.15, -0.1) is 0 Å². The van der Waals surface area contributed by atoms with Gasteiger partial charge in [0.05, 0.1) is 0 Å². The van der Waals surface area contributed by atoms with E-state index in [9.17, 15) is 4.79 Å². The number of hydrogen-bond acceptors (Lipinski definition) is 4. The first-order valence-corrected chi connectivity index (χ1v) is 8.07. The summed E-state index contributed by atoms with van der Waals surface area (Å²) in [5.41, 5.74) is 5.41. The number of carbonyl (C=O) groups is 1. The van der Waals surface area contributed by atoms with Gasteiger partial charge in [0.1, 0.15) is 5.69 Å². The van der Waals surface area contributed by atoms with Crippen molar-refractivity contribution in [1.82, 2.24) is 9.97 Å². The fraction of sp³-hybridized carbons (Fsp3) is 0.150. The molecule has 2 N–H and O–H groups in total. The van der Waals surface area contributed by atoms with Crippen LogP contribution >= 0.6 is 0 Å². The fourth-order valence-electron chi connectivity index (χ4n) is 2.38. The van der Waals surface area contributed by atoms with Crippen molar-refractivity contribution in [2.24, 2.45) is 0 Å². The molecule has 0 unspecified atom stereocenters. The highest BCUT2D eigenvalue weighted by molar-refractivity contribution is 6.03. The number of nitrogens with zero attached hydrogens (tertiary/aromatic N) is 2. The van der Waals surface area contributed by atoms with Gasteiger partial charge in [-0.2, -0.15) is 0 Å². The predicted molar refractivity (Wildman–Crippen MR) is 100 cm³/mol. The van der Waals surface area contributed by atoms with Crippen molar-refractivity contribution in [3.05, 3.63) is 77.1 Å².